The molecule has 1 saturated carbocycles. The zero-order valence-electron chi connectivity index (χ0n) is 21.6. The highest BCUT2D eigenvalue weighted by atomic mass is 16.4. The van der Waals surface area contributed by atoms with E-state index in [1.54, 1.807) is 32.4 Å². The van der Waals surface area contributed by atoms with Crippen LogP contribution in [0.25, 0.3) is 17.2 Å². The molecule has 3 heterocycles. The highest BCUT2D eigenvalue weighted by Crippen LogP contribution is 2.31. The van der Waals surface area contributed by atoms with Crippen molar-refractivity contribution in [3.05, 3.63) is 64.8 Å². The molecule has 1 aliphatic rings. The highest BCUT2D eigenvalue weighted by Gasteiger charge is 2.21. The molecule has 3 amide bonds. The second-order valence-electron chi connectivity index (χ2n) is 9.40. The fourth-order valence-corrected chi connectivity index (χ4v) is 3.76. The fourth-order valence-electron chi connectivity index (χ4n) is 3.76. The lowest BCUT2D eigenvalue weighted by Gasteiger charge is -2.16. The SMILES string of the molecule is CN(C)C(=O)/C=C/CC[C@H](NC(=O)O)C(=O)Nc1cccn(Cc2nc3ncnc(/C=C/C4CC4)c3[nH]2)c1=O. The Morgan fingerprint density at radius 3 is 2.79 bits per heavy atom. The molecule has 39 heavy (non-hydrogen) atoms. The Labute approximate surface area is 223 Å². The summed E-state index contributed by atoms with van der Waals surface area (Å²) >= 11 is 0. The number of aromatic nitrogens is 5. The first-order valence-electron chi connectivity index (χ1n) is 12.5. The van der Waals surface area contributed by atoms with Crippen LogP contribution >= 0.6 is 0 Å². The van der Waals surface area contributed by atoms with Crippen molar-refractivity contribution in [2.75, 3.05) is 19.4 Å². The maximum atomic E-state index is 13.1. The van der Waals surface area contributed by atoms with E-state index in [0.717, 1.165) is 5.69 Å². The lowest BCUT2D eigenvalue weighted by molar-refractivity contribution is -0.123. The van der Waals surface area contributed by atoms with E-state index in [-0.39, 0.29) is 31.0 Å². The molecule has 3 aromatic heterocycles. The third-order valence-electron chi connectivity index (χ3n) is 6.05. The van der Waals surface area contributed by atoms with Crippen LogP contribution in [0.15, 0.2) is 47.7 Å². The van der Waals surface area contributed by atoms with Crippen molar-refractivity contribution in [1.29, 1.82) is 0 Å². The van der Waals surface area contributed by atoms with Crippen molar-refractivity contribution in [3.8, 4) is 0 Å². The van der Waals surface area contributed by atoms with Crippen molar-refractivity contribution in [1.82, 2.24) is 34.7 Å². The largest absolute Gasteiger partial charge is 0.465 e. The zero-order valence-corrected chi connectivity index (χ0v) is 21.6. The third-order valence-corrected chi connectivity index (χ3v) is 6.05. The second-order valence-corrected chi connectivity index (χ2v) is 9.40. The van der Waals surface area contributed by atoms with Crippen LogP contribution in [0, 0.1) is 5.92 Å². The molecule has 0 aliphatic heterocycles. The summed E-state index contributed by atoms with van der Waals surface area (Å²) in [4.78, 5) is 66.4. The molecule has 13 nitrogen and oxygen atoms in total. The van der Waals surface area contributed by atoms with Crippen LogP contribution < -0.4 is 16.2 Å². The van der Waals surface area contributed by atoms with E-state index in [1.807, 2.05) is 6.08 Å². The number of likely N-dealkylation sites (N-methyl/N-ethyl adjacent to an activating group) is 1. The Morgan fingerprint density at radius 2 is 2.08 bits per heavy atom. The summed E-state index contributed by atoms with van der Waals surface area (Å²) in [5.74, 6) is 0.157. The summed E-state index contributed by atoms with van der Waals surface area (Å²) in [5.41, 5.74) is 1.37. The molecule has 0 aromatic carbocycles. The van der Waals surface area contributed by atoms with E-state index < -0.39 is 23.6 Å². The van der Waals surface area contributed by atoms with Gasteiger partial charge in [-0.05, 0) is 55.9 Å². The minimum atomic E-state index is -1.38. The first-order chi connectivity index (χ1) is 18.7. The van der Waals surface area contributed by atoms with Crippen molar-refractivity contribution >= 4 is 40.8 Å². The standard InChI is InChI=1S/C26H30N8O5/c1-33(2)21(35)8-4-3-6-18(30-26(38)39)24(36)29-19-7-5-13-34(25(19)37)14-20-31-22-17(12-11-16-9-10-16)27-15-28-23(22)32-20/h4-5,7-8,11-13,15-16,18,30H,3,6,9-10,14H2,1-2H3,(H,29,36)(H,38,39)(H,27,28,31,32)/b8-4+,12-11+/t18-/m0/s1. The van der Waals surface area contributed by atoms with Gasteiger partial charge in [0.1, 0.15) is 29.4 Å². The lowest BCUT2D eigenvalue weighted by Crippen LogP contribution is -2.44. The Kier molecular flexibility index (Phi) is 8.49. The van der Waals surface area contributed by atoms with Crippen molar-refractivity contribution in [3.63, 3.8) is 0 Å². The summed E-state index contributed by atoms with van der Waals surface area (Å²) in [7, 11) is 3.21. The topological polar surface area (TPSA) is 175 Å². The van der Waals surface area contributed by atoms with Gasteiger partial charge in [-0.25, -0.2) is 19.7 Å². The van der Waals surface area contributed by atoms with E-state index >= 15 is 0 Å². The number of H-pyrrole nitrogens is 1. The Bertz CT molecular complexity index is 1480. The van der Waals surface area contributed by atoms with Crippen molar-refractivity contribution in [2.45, 2.75) is 38.3 Å². The molecule has 4 rings (SSSR count). The van der Waals surface area contributed by atoms with Gasteiger partial charge in [-0.1, -0.05) is 12.2 Å². The predicted molar refractivity (Wildman–Crippen MR) is 144 cm³/mol. The van der Waals surface area contributed by atoms with Gasteiger partial charge in [0.15, 0.2) is 5.65 Å². The first-order valence-corrected chi connectivity index (χ1v) is 12.5. The number of allylic oxidation sites excluding steroid dienone is 2. The number of pyridine rings is 1. The fraction of sp³-hybridized carbons (Fsp3) is 0.346. The summed E-state index contributed by atoms with van der Waals surface area (Å²) in [6, 6.07) is 1.90. The van der Waals surface area contributed by atoms with Crippen LogP contribution in [0.1, 0.15) is 37.2 Å². The molecule has 4 N–H and O–H groups in total. The maximum Gasteiger partial charge on any atom is 0.405 e. The zero-order chi connectivity index (χ0) is 27.9. The molecule has 3 aromatic rings. The van der Waals surface area contributed by atoms with Crippen LogP contribution in [-0.4, -0.2) is 72.6 Å². The minimum absolute atomic E-state index is 0.0121. The second kappa shape index (κ2) is 12.2. The first kappa shape index (κ1) is 27.2. The van der Waals surface area contributed by atoms with E-state index in [9.17, 15) is 19.2 Å². The van der Waals surface area contributed by atoms with Gasteiger partial charge < -0.3 is 30.2 Å². The molecule has 1 atom stereocenters. The van der Waals surface area contributed by atoms with Gasteiger partial charge >= 0.3 is 6.09 Å². The average molecular weight is 535 g/mol. The summed E-state index contributed by atoms with van der Waals surface area (Å²) in [5, 5.41) is 13.8. The van der Waals surface area contributed by atoms with Gasteiger partial charge in [0.25, 0.3) is 5.56 Å². The highest BCUT2D eigenvalue weighted by molar-refractivity contribution is 5.96. The van der Waals surface area contributed by atoms with Crippen LogP contribution in [0.3, 0.4) is 0 Å². The maximum absolute atomic E-state index is 13.1. The number of rotatable bonds is 11. The normalized spacial score (nSPS) is 14.1. The number of carbonyl (C=O) groups excluding carboxylic acids is 2. The molecule has 0 spiro atoms. The molecule has 13 heteroatoms. The molecular formula is C26H30N8O5. The van der Waals surface area contributed by atoms with Crippen molar-refractivity contribution < 1.29 is 19.5 Å². The molecule has 0 radical (unpaired) electrons. The van der Waals surface area contributed by atoms with Gasteiger partial charge in [0, 0.05) is 20.3 Å². The number of imidazole rings is 1. The van der Waals surface area contributed by atoms with E-state index in [4.69, 9.17) is 5.11 Å². The summed E-state index contributed by atoms with van der Waals surface area (Å²) in [6.45, 7) is 0.0895. The van der Waals surface area contributed by atoms with Gasteiger partial charge in [-0.3, -0.25) is 14.4 Å². The van der Waals surface area contributed by atoms with Gasteiger partial charge in [0.2, 0.25) is 11.8 Å². The van der Waals surface area contributed by atoms with E-state index in [1.165, 1.54) is 40.8 Å². The molecule has 0 saturated heterocycles. The number of hydrogen-bond donors (Lipinski definition) is 4. The van der Waals surface area contributed by atoms with Crippen LogP contribution in [0.4, 0.5) is 10.5 Å². The number of nitrogens with one attached hydrogen (secondary N) is 3. The van der Waals surface area contributed by atoms with Gasteiger partial charge in [0.05, 0.1) is 12.2 Å². The number of hydrogen-bond acceptors (Lipinski definition) is 7. The van der Waals surface area contributed by atoms with Crippen LogP contribution in [0.2, 0.25) is 0 Å². The summed E-state index contributed by atoms with van der Waals surface area (Å²) in [6.07, 6.45) is 11.3. The molecule has 0 bridgehead atoms. The van der Waals surface area contributed by atoms with Gasteiger partial charge in [-0.15, -0.1) is 0 Å². The average Bonchev–Trinajstić information content (AvgIpc) is 3.63. The number of amides is 3. The number of aromatic amines is 1. The van der Waals surface area contributed by atoms with E-state index in [2.05, 4.69) is 36.6 Å². The number of nitrogens with zero attached hydrogens (tertiary/aromatic N) is 5. The summed E-state index contributed by atoms with van der Waals surface area (Å²) < 4.78 is 1.37. The van der Waals surface area contributed by atoms with Crippen molar-refractivity contribution in [2.24, 2.45) is 5.92 Å². The Balaban J connectivity index is 1.46. The lowest BCUT2D eigenvalue weighted by atomic mass is 10.1. The number of anilines is 1. The third kappa shape index (κ3) is 7.37. The van der Waals surface area contributed by atoms with Crippen LogP contribution in [0.5, 0.6) is 0 Å². The molecule has 1 aliphatic carbocycles. The number of carbonyl (C=O) groups is 3. The molecular weight excluding hydrogens is 504 g/mol. The smallest absolute Gasteiger partial charge is 0.405 e. The predicted octanol–water partition coefficient (Wildman–Crippen LogP) is 1.99. The van der Waals surface area contributed by atoms with Gasteiger partial charge in [-0.2, -0.15) is 0 Å². The quantitative estimate of drug-likeness (QED) is 0.270. The number of carboxylic acid groups (broad SMARTS) is 1. The Hall–Kier alpha value is -4.81. The van der Waals surface area contributed by atoms with Crippen LogP contribution in [-0.2, 0) is 16.1 Å². The minimum Gasteiger partial charge on any atom is -0.465 e. The molecule has 0 unspecified atom stereocenters. The molecule has 204 valence electrons. The monoisotopic (exact) mass is 534 g/mol. The van der Waals surface area contributed by atoms with E-state index in [0.29, 0.717) is 22.9 Å². The number of fused-ring (bicyclic) bond motifs is 1. The Morgan fingerprint density at radius 1 is 1.28 bits per heavy atom. The molecule has 1 fully saturated rings.